The first kappa shape index (κ1) is 11.8. The van der Waals surface area contributed by atoms with E-state index in [4.69, 9.17) is 9.63 Å². The normalized spacial score (nSPS) is 10.3. The van der Waals surface area contributed by atoms with E-state index in [9.17, 15) is 9.59 Å². The number of hydrogen-bond acceptors (Lipinski definition) is 6. The second-order valence-corrected chi connectivity index (χ2v) is 3.47. The molecule has 0 aliphatic heterocycles. The van der Waals surface area contributed by atoms with Crippen LogP contribution in [0.25, 0.3) is 0 Å². The first-order chi connectivity index (χ1) is 8.54. The van der Waals surface area contributed by atoms with Crippen molar-refractivity contribution in [2.75, 3.05) is 5.32 Å². The highest BCUT2D eigenvalue weighted by Crippen LogP contribution is 2.06. The molecule has 1 amide bonds. The molecule has 2 heterocycles. The van der Waals surface area contributed by atoms with Gasteiger partial charge in [-0.1, -0.05) is 10.4 Å². The number of carbonyl (C=O) groups is 2. The SMILES string of the molecule is Cc1cc(C(=O)Nc2cn(CC(=O)O)nn2)no1. The number of aromatic nitrogens is 4. The molecular formula is C9H9N5O4. The standard InChI is InChI=1S/C9H9N5O4/c1-5-2-6(12-18-5)9(17)10-7-3-14(13-11-7)4-8(15)16/h2-3H,4H2,1H3,(H,10,17)(H,15,16). The monoisotopic (exact) mass is 251 g/mol. The van der Waals surface area contributed by atoms with E-state index in [1.165, 1.54) is 12.3 Å². The Morgan fingerprint density at radius 3 is 2.94 bits per heavy atom. The minimum atomic E-state index is -1.05. The summed E-state index contributed by atoms with van der Waals surface area (Å²) in [6.07, 6.45) is 1.30. The largest absolute Gasteiger partial charge is 0.480 e. The van der Waals surface area contributed by atoms with Gasteiger partial charge in [-0.15, -0.1) is 5.10 Å². The van der Waals surface area contributed by atoms with Crippen LogP contribution in [0.3, 0.4) is 0 Å². The zero-order chi connectivity index (χ0) is 13.1. The van der Waals surface area contributed by atoms with E-state index in [-0.39, 0.29) is 18.1 Å². The molecule has 2 aromatic heterocycles. The number of anilines is 1. The number of nitrogens with one attached hydrogen (secondary N) is 1. The predicted octanol–water partition coefficient (Wildman–Crippen LogP) is -0.0886. The highest BCUT2D eigenvalue weighted by molar-refractivity contribution is 6.02. The summed E-state index contributed by atoms with van der Waals surface area (Å²) in [5.74, 6) is -0.907. The van der Waals surface area contributed by atoms with Gasteiger partial charge in [0.15, 0.2) is 11.5 Å². The smallest absolute Gasteiger partial charge is 0.325 e. The highest BCUT2D eigenvalue weighted by atomic mass is 16.5. The Bertz CT molecular complexity index is 587. The molecule has 9 heteroatoms. The van der Waals surface area contributed by atoms with Crippen molar-refractivity contribution in [2.45, 2.75) is 13.5 Å². The summed E-state index contributed by atoms with van der Waals surface area (Å²) in [6, 6.07) is 1.47. The Morgan fingerprint density at radius 2 is 2.33 bits per heavy atom. The average Bonchev–Trinajstić information content (AvgIpc) is 2.87. The van der Waals surface area contributed by atoms with Crippen molar-refractivity contribution >= 4 is 17.7 Å². The van der Waals surface area contributed by atoms with Crippen molar-refractivity contribution in [3.63, 3.8) is 0 Å². The second kappa shape index (κ2) is 4.65. The first-order valence-corrected chi connectivity index (χ1v) is 4.91. The Labute approximate surface area is 100 Å². The number of aryl methyl sites for hydroxylation is 1. The van der Waals surface area contributed by atoms with Gasteiger partial charge < -0.3 is 14.9 Å². The van der Waals surface area contributed by atoms with Gasteiger partial charge in [-0.3, -0.25) is 9.59 Å². The zero-order valence-electron chi connectivity index (χ0n) is 9.32. The molecule has 18 heavy (non-hydrogen) atoms. The van der Waals surface area contributed by atoms with Crippen LogP contribution in [0.5, 0.6) is 0 Å². The maximum Gasteiger partial charge on any atom is 0.325 e. The molecule has 2 aromatic rings. The van der Waals surface area contributed by atoms with Crippen LogP contribution in [0, 0.1) is 6.92 Å². The van der Waals surface area contributed by atoms with E-state index in [2.05, 4.69) is 20.8 Å². The first-order valence-electron chi connectivity index (χ1n) is 4.91. The summed E-state index contributed by atoms with van der Waals surface area (Å²) in [4.78, 5) is 22.1. The molecule has 0 aliphatic carbocycles. The molecule has 9 nitrogen and oxygen atoms in total. The van der Waals surface area contributed by atoms with Gasteiger partial charge in [0, 0.05) is 6.07 Å². The number of rotatable bonds is 4. The van der Waals surface area contributed by atoms with Crippen LogP contribution in [-0.4, -0.2) is 37.1 Å². The van der Waals surface area contributed by atoms with E-state index in [1.807, 2.05) is 0 Å². The van der Waals surface area contributed by atoms with Gasteiger partial charge in [0.25, 0.3) is 5.91 Å². The van der Waals surface area contributed by atoms with Crippen LogP contribution in [0.2, 0.25) is 0 Å². The quantitative estimate of drug-likeness (QED) is 0.778. The van der Waals surface area contributed by atoms with Gasteiger partial charge in [-0.2, -0.15) is 0 Å². The van der Waals surface area contributed by atoms with Crippen molar-refractivity contribution < 1.29 is 19.2 Å². The molecule has 0 unspecified atom stereocenters. The van der Waals surface area contributed by atoms with E-state index in [0.29, 0.717) is 5.76 Å². The van der Waals surface area contributed by atoms with Gasteiger partial charge in [0.1, 0.15) is 12.3 Å². The van der Waals surface area contributed by atoms with Gasteiger partial charge in [-0.25, -0.2) is 4.68 Å². The highest BCUT2D eigenvalue weighted by Gasteiger charge is 2.13. The molecular weight excluding hydrogens is 242 g/mol. The minimum Gasteiger partial charge on any atom is -0.480 e. The third-order valence-corrected chi connectivity index (χ3v) is 1.94. The fourth-order valence-corrected chi connectivity index (χ4v) is 1.23. The minimum absolute atomic E-state index is 0.111. The van der Waals surface area contributed by atoms with Crippen LogP contribution < -0.4 is 5.32 Å². The number of hydrogen-bond donors (Lipinski definition) is 2. The molecule has 0 spiro atoms. The molecule has 0 atom stereocenters. The second-order valence-electron chi connectivity index (χ2n) is 3.47. The van der Waals surface area contributed by atoms with Crippen molar-refractivity contribution in [3.05, 3.63) is 23.7 Å². The summed E-state index contributed by atoms with van der Waals surface area (Å²) < 4.78 is 5.84. The lowest BCUT2D eigenvalue weighted by Crippen LogP contribution is -2.12. The van der Waals surface area contributed by atoms with E-state index < -0.39 is 11.9 Å². The molecule has 0 aliphatic rings. The molecule has 2 rings (SSSR count). The molecule has 0 radical (unpaired) electrons. The number of aliphatic carboxylic acids is 1. The number of carboxylic acid groups (broad SMARTS) is 1. The lowest BCUT2D eigenvalue weighted by Gasteiger charge is -1.95. The van der Waals surface area contributed by atoms with E-state index >= 15 is 0 Å². The average molecular weight is 251 g/mol. The summed E-state index contributed by atoms with van der Waals surface area (Å²) >= 11 is 0. The maximum atomic E-state index is 11.6. The number of carboxylic acids is 1. The molecule has 2 N–H and O–H groups in total. The Balaban J connectivity index is 2.03. The van der Waals surface area contributed by atoms with Crippen LogP contribution in [-0.2, 0) is 11.3 Å². The lowest BCUT2D eigenvalue weighted by atomic mass is 10.3. The van der Waals surface area contributed by atoms with Crippen LogP contribution in [0.15, 0.2) is 16.8 Å². The Hall–Kier alpha value is -2.71. The third kappa shape index (κ3) is 2.70. The van der Waals surface area contributed by atoms with Gasteiger partial charge in [-0.05, 0) is 6.92 Å². The zero-order valence-corrected chi connectivity index (χ0v) is 9.32. The predicted molar refractivity (Wildman–Crippen MR) is 56.9 cm³/mol. The van der Waals surface area contributed by atoms with Crippen molar-refractivity contribution in [1.82, 2.24) is 20.2 Å². The van der Waals surface area contributed by atoms with Crippen LogP contribution >= 0.6 is 0 Å². The molecule has 0 saturated heterocycles. The summed E-state index contributed by atoms with van der Waals surface area (Å²) in [5.41, 5.74) is 0.111. The van der Waals surface area contributed by atoms with Crippen molar-refractivity contribution in [2.24, 2.45) is 0 Å². The molecule has 94 valence electrons. The molecule has 0 fully saturated rings. The summed E-state index contributed by atoms with van der Waals surface area (Å²) in [5, 5.41) is 21.6. The third-order valence-electron chi connectivity index (χ3n) is 1.94. The summed E-state index contributed by atoms with van der Waals surface area (Å²) in [6.45, 7) is 1.33. The van der Waals surface area contributed by atoms with Gasteiger partial charge in [0.2, 0.25) is 0 Å². The maximum absolute atomic E-state index is 11.6. The van der Waals surface area contributed by atoms with Crippen molar-refractivity contribution in [3.8, 4) is 0 Å². The Morgan fingerprint density at radius 1 is 1.56 bits per heavy atom. The van der Waals surface area contributed by atoms with Crippen LogP contribution in [0.1, 0.15) is 16.2 Å². The number of carbonyl (C=O) groups excluding carboxylic acids is 1. The number of nitrogens with zero attached hydrogens (tertiary/aromatic N) is 4. The fourth-order valence-electron chi connectivity index (χ4n) is 1.23. The van der Waals surface area contributed by atoms with Crippen molar-refractivity contribution in [1.29, 1.82) is 0 Å². The van der Waals surface area contributed by atoms with E-state index in [0.717, 1.165) is 4.68 Å². The molecule has 0 bridgehead atoms. The lowest BCUT2D eigenvalue weighted by molar-refractivity contribution is -0.137. The Kier molecular flexibility index (Phi) is 3.04. The van der Waals surface area contributed by atoms with Gasteiger partial charge in [0.05, 0.1) is 6.20 Å². The number of amides is 1. The van der Waals surface area contributed by atoms with Crippen LogP contribution in [0.4, 0.5) is 5.82 Å². The van der Waals surface area contributed by atoms with Gasteiger partial charge >= 0.3 is 5.97 Å². The summed E-state index contributed by atoms with van der Waals surface area (Å²) in [7, 11) is 0. The molecule has 0 saturated carbocycles. The fraction of sp³-hybridized carbons (Fsp3) is 0.222. The molecule has 0 aromatic carbocycles. The van der Waals surface area contributed by atoms with E-state index in [1.54, 1.807) is 6.92 Å². The topological polar surface area (TPSA) is 123 Å².